The van der Waals surface area contributed by atoms with Crippen LogP contribution in [-0.2, 0) is 14.6 Å². The molecule has 0 amide bonds. The number of carboxylic acid groups (broad SMARTS) is 1. The number of ether oxygens (including phenoxy) is 1. The number of halogens is 1. The molecule has 0 saturated carbocycles. The highest BCUT2D eigenvalue weighted by atomic mass is 32.2. The SMILES string of the molecule is Cc1cc(NC(C)C(=O)O)cc(C)c1Oc1ccc(O)c(S(=O)(=O)c2ccc(F)cc2)c1. The molecule has 0 heterocycles. The number of carboxylic acids is 1. The van der Waals surface area contributed by atoms with Crippen LogP contribution in [0.2, 0.25) is 0 Å². The summed E-state index contributed by atoms with van der Waals surface area (Å²) in [6, 6.07) is 10.8. The Balaban J connectivity index is 1.94. The van der Waals surface area contributed by atoms with Gasteiger partial charge in [-0.1, -0.05) is 0 Å². The molecule has 0 aliphatic heterocycles. The maximum atomic E-state index is 13.2. The van der Waals surface area contributed by atoms with Gasteiger partial charge in [0.2, 0.25) is 9.84 Å². The summed E-state index contributed by atoms with van der Waals surface area (Å²) in [5.74, 6) is -1.38. The van der Waals surface area contributed by atoms with E-state index in [1.54, 1.807) is 26.0 Å². The fourth-order valence-corrected chi connectivity index (χ4v) is 4.50. The van der Waals surface area contributed by atoms with E-state index in [0.29, 0.717) is 22.6 Å². The number of aryl methyl sites for hydroxylation is 2. The first kappa shape index (κ1) is 23.1. The summed E-state index contributed by atoms with van der Waals surface area (Å²) in [6.07, 6.45) is 0. The van der Waals surface area contributed by atoms with E-state index < -0.39 is 33.4 Å². The lowest BCUT2D eigenvalue weighted by molar-refractivity contribution is -0.137. The third-order valence-electron chi connectivity index (χ3n) is 4.78. The van der Waals surface area contributed by atoms with E-state index >= 15 is 0 Å². The van der Waals surface area contributed by atoms with Crippen LogP contribution in [0.4, 0.5) is 10.1 Å². The predicted octanol–water partition coefficient (Wildman–Crippen LogP) is 4.66. The van der Waals surface area contributed by atoms with Crippen molar-refractivity contribution in [1.82, 2.24) is 0 Å². The molecule has 9 heteroatoms. The Labute approximate surface area is 185 Å². The van der Waals surface area contributed by atoms with Crippen LogP contribution >= 0.6 is 0 Å². The van der Waals surface area contributed by atoms with Crippen molar-refractivity contribution in [1.29, 1.82) is 0 Å². The zero-order chi connectivity index (χ0) is 23.6. The molecular formula is C23H22FNO6S. The van der Waals surface area contributed by atoms with E-state index in [2.05, 4.69) is 5.32 Å². The highest BCUT2D eigenvalue weighted by Crippen LogP contribution is 2.36. The molecule has 32 heavy (non-hydrogen) atoms. The Morgan fingerprint density at radius 3 is 2.19 bits per heavy atom. The van der Waals surface area contributed by atoms with Crippen molar-refractivity contribution in [3.8, 4) is 17.2 Å². The van der Waals surface area contributed by atoms with Gasteiger partial charge < -0.3 is 20.3 Å². The van der Waals surface area contributed by atoms with E-state index in [4.69, 9.17) is 9.84 Å². The lowest BCUT2D eigenvalue weighted by Crippen LogP contribution is -2.25. The Bertz CT molecular complexity index is 1250. The number of hydrogen-bond donors (Lipinski definition) is 3. The summed E-state index contributed by atoms with van der Waals surface area (Å²) < 4.78 is 44.9. The molecule has 168 valence electrons. The fourth-order valence-electron chi connectivity index (χ4n) is 3.14. The molecule has 0 saturated heterocycles. The van der Waals surface area contributed by atoms with Gasteiger partial charge in [0.15, 0.2) is 0 Å². The molecule has 1 unspecified atom stereocenters. The van der Waals surface area contributed by atoms with Crippen LogP contribution in [-0.4, -0.2) is 30.6 Å². The minimum Gasteiger partial charge on any atom is -0.507 e. The average molecular weight is 459 g/mol. The maximum Gasteiger partial charge on any atom is 0.325 e. The summed E-state index contributed by atoms with van der Waals surface area (Å²) in [7, 11) is -4.11. The third-order valence-corrected chi connectivity index (χ3v) is 6.58. The minimum absolute atomic E-state index is 0.165. The number of nitrogens with one attached hydrogen (secondary N) is 1. The Morgan fingerprint density at radius 1 is 1.03 bits per heavy atom. The third kappa shape index (κ3) is 4.83. The molecule has 0 spiro atoms. The van der Waals surface area contributed by atoms with Gasteiger partial charge in [-0.25, -0.2) is 12.8 Å². The number of rotatable bonds is 7. The predicted molar refractivity (Wildman–Crippen MR) is 117 cm³/mol. The lowest BCUT2D eigenvalue weighted by Gasteiger charge is -2.17. The second kappa shape index (κ2) is 8.88. The summed E-state index contributed by atoms with van der Waals surface area (Å²) in [4.78, 5) is 10.5. The van der Waals surface area contributed by atoms with Gasteiger partial charge in [0.25, 0.3) is 0 Å². The monoisotopic (exact) mass is 459 g/mol. The van der Waals surface area contributed by atoms with E-state index in [1.807, 2.05) is 0 Å². The minimum atomic E-state index is -4.11. The maximum absolute atomic E-state index is 13.2. The first-order valence-corrected chi connectivity index (χ1v) is 11.1. The molecule has 0 aliphatic carbocycles. The molecule has 0 aliphatic rings. The number of benzene rings is 3. The van der Waals surface area contributed by atoms with E-state index in [-0.39, 0.29) is 15.5 Å². The van der Waals surface area contributed by atoms with Crippen molar-refractivity contribution < 1.29 is 32.6 Å². The Hall–Kier alpha value is -3.59. The quantitative estimate of drug-likeness (QED) is 0.441. The van der Waals surface area contributed by atoms with Gasteiger partial charge in [-0.2, -0.15) is 0 Å². The topological polar surface area (TPSA) is 113 Å². The molecular weight excluding hydrogens is 437 g/mol. The van der Waals surface area contributed by atoms with Crippen molar-refractivity contribution in [3.05, 3.63) is 71.5 Å². The first-order chi connectivity index (χ1) is 15.0. The standard InChI is InChI=1S/C23H22FNO6S/c1-13-10-17(25-15(3)23(27)28)11-14(2)22(13)31-18-6-9-20(26)21(12-18)32(29,30)19-7-4-16(24)5-8-19/h4-12,15,25-26H,1-3H3,(H,27,28). The highest BCUT2D eigenvalue weighted by Gasteiger charge is 2.23. The number of phenolic OH excluding ortho intramolecular Hbond substituents is 1. The average Bonchev–Trinajstić information content (AvgIpc) is 2.72. The molecule has 1 atom stereocenters. The molecule has 3 N–H and O–H groups in total. The van der Waals surface area contributed by atoms with Crippen molar-refractivity contribution >= 4 is 21.5 Å². The number of sulfone groups is 1. The molecule has 0 aromatic heterocycles. The normalized spacial score (nSPS) is 12.2. The largest absolute Gasteiger partial charge is 0.507 e. The molecule has 0 bridgehead atoms. The lowest BCUT2D eigenvalue weighted by atomic mass is 10.1. The van der Waals surface area contributed by atoms with Crippen LogP contribution in [0, 0.1) is 19.7 Å². The Kier molecular flexibility index (Phi) is 6.40. The van der Waals surface area contributed by atoms with Gasteiger partial charge in [0, 0.05) is 11.8 Å². The van der Waals surface area contributed by atoms with Crippen LogP contribution in [0.5, 0.6) is 17.2 Å². The van der Waals surface area contributed by atoms with Crippen LogP contribution < -0.4 is 10.1 Å². The van der Waals surface area contributed by atoms with Gasteiger partial charge in [0.1, 0.15) is 34.0 Å². The molecule has 7 nitrogen and oxygen atoms in total. The van der Waals surface area contributed by atoms with Crippen molar-refractivity contribution in [3.63, 3.8) is 0 Å². The molecule has 3 rings (SSSR count). The molecule has 3 aromatic carbocycles. The van der Waals surface area contributed by atoms with E-state index in [0.717, 1.165) is 24.3 Å². The number of anilines is 1. The zero-order valence-corrected chi connectivity index (χ0v) is 18.4. The highest BCUT2D eigenvalue weighted by molar-refractivity contribution is 7.91. The van der Waals surface area contributed by atoms with Crippen molar-refractivity contribution in [2.24, 2.45) is 0 Å². The number of aromatic hydroxyl groups is 1. The zero-order valence-electron chi connectivity index (χ0n) is 17.6. The number of phenols is 1. The summed E-state index contributed by atoms with van der Waals surface area (Å²) in [6.45, 7) is 5.07. The van der Waals surface area contributed by atoms with Crippen LogP contribution in [0.3, 0.4) is 0 Å². The van der Waals surface area contributed by atoms with Crippen LogP contribution in [0.1, 0.15) is 18.1 Å². The summed E-state index contributed by atoms with van der Waals surface area (Å²) in [5, 5.41) is 22.1. The van der Waals surface area contributed by atoms with Crippen molar-refractivity contribution in [2.45, 2.75) is 36.6 Å². The van der Waals surface area contributed by atoms with Gasteiger partial charge in [0.05, 0.1) is 4.90 Å². The summed E-state index contributed by atoms with van der Waals surface area (Å²) >= 11 is 0. The molecule has 3 aromatic rings. The van der Waals surface area contributed by atoms with Gasteiger partial charge in [-0.3, -0.25) is 4.79 Å². The van der Waals surface area contributed by atoms with E-state index in [1.165, 1.54) is 25.1 Å². The smallest absolute Gasteiger partial charge is 0.325 e. The summed E-state index contributed by atoms with van der Waals surface area (Å²) in [5.41, 5.74) is 2.00. The van der Waals surface area contributed by atoms with Gasteiger partial charge >= 0.3 is 5.97 Å². The van der Waals surface area contributed by atoms with Crippen LogP contribution in [0.25, 0.3) is 0 Å². The van der Waals surface area contributed by atoms with Crippen molar-refractivity contribution in [2.75, 3.05) is 5.32 Å². The number of carbonyl (C=O) groups is 1. The van der Waals surface area contributed by atoms with Gasteiger partial charge in [-0.15, -0.1) is 0 Å². The number of aliphatic carboxylic acids is 1. The number of hydrogen-bond acceptors (Lipinski definition) is 6. The second-order valence-corrected chi connectivity index (χ2v) is 9.25. The van der Waals surface area contributed by atoms with E-state index in [9.17, 15) is 22.7 Å². The molecule has 0 fully saturated rings. The van der Waals surface area contributed by atoms with Crippen LogP contribution in [0.15, 0.2) is 64.4 Å². The Morgan fingerprint density at radius 2 is 1.62 bits per heavy atom. The fraction of sp³-hybridized carbons (Fsp3) is 0.174. The second-order valence-electron chi connectivity index (χ2n) is 7.33. The first-order valence-electron chi connectivity index (χ1n) is 9.61. The van der Waals surface area contributed by atoms with Gasteiger partial charge in [-0.05, 0) is 80.4 Å². The molecule has 0 radical (unpaired) electrons.